The molecule has 1 aliphatic rings. The molecule has 0 spiro atoms. The first-order valence-corrected chi connectivity index (χ1v) is 9.16. The Labute approximate surface area is 119 Å². The summed E-state index contributed by atoms with van der Waals surface area (Å²) in [5, 5.41) is 5.02. The number of nitrogens with one attached hydrogen (secondary N) is 2. The van der Waals surface area contributed by atoms with Crippen LogP contribution in [0.25, 0.3) is 0 Å². The van der Waals surface area contributed by atoms with Gasteiger partial charge >= 0.3 is 0 Å². The van der Waals surface area contributed by atoms with Gasteiger partial charge in [-0.05, 0) is 42.7 Å². The third-order valence-corrected chi connectivity index (χ3v) is 6.41. The third-order valence-electron chi connectivity index (χ3n) is 3.87. The zero-order valence-corrected chi connectivity index (χ0v) is 13.2. The SMILES string of the molecule is CCNCc1sccc1S(=O)(=O)NCC1(CC)CC1. The minimum Gasteiger partial charge on any atom is -0.312 e. The van der Waals surface area contributed by atoms with E-state index in [4.69, 9.17) is 0 Å². The van der Waals surface area contributed by atoms with Crippen LogP contribution in [0.15, 0.2) is 16.3 Å². The fraction of sp³-hybridized carbons (Fsp3) is 0.692. The molecule has 0 aromatic carbocycles. The molecule has 0 radical (unpaired) electrons. The number of hydrogen-bond acceptors (Lipinski definition) is 4. The van der Waals surface area contributed by atoms with Crippen molar-refractivity contribution in [2.45, 2.75) is 44.6 Å². The van der Waals surface area contributed by atoms with Crippen LogP contribution >= 0.6 is 11.3 Å². The molecule has 1 aromatic rings. The van der Waals surface area contributed by atoms with Crippen LogP contribution in [0.3, 0.4) is 0 Å². The van der Waals surface area contributed by atoms with Gasteiger partial charge in [-0.2, -0.15) is 0 Å². The molecular weight excluding hydrogens is 280 g/mol. The van der Waals surface area contributed by atoms with Crippen LogP contribution in [0.2, 0.25) is 0 Å². The normalized spacial score (nSPS) is 17.6. The highest BCUT2D eigenvalue weighted by molar-refractivity contribution is 7.89. The summed E-state index contributed by atoms with van der Waals surface area (Å²) in [7, 11) is -3.36. The van der Waals surface area contributed by atoms with Crippen molar-refractivity contribution in [2.75, 3.05) is 13.1 Å². The lowest BCUT2D eigenvalue weighted by Gasteiger charge is -2.14. The van der Waals surface area contributed by atoms with Crippen LogP contribution in [-0.2, 0) is 16.6 Å². The minimum atomic E-state index is -3.36. The maximum atomic E-state index is 12.3. The smallest absolute Gasteiger partial charge is 0.241 e. The molecular formula is C13H22N2O2S2. The molecule has 0 atom stereocenters. The minimum absolute atomic E-state index is 0.227. The Morgan fingerprint density at radius 1 is 1.37 bits per heavy atom. The zero-order chi connectivity index (χ0) is 13.9. The number of rotatable bonds is 8. The maximum absolute atomic E-state index is 12.3. The predicted octanol–water partition coefficient (Wildman–Crippen LogP) is 2.33. The predicted molar refractivity (Wildman–Crippen MR) is 78.8 cm³/mol. The molecule has 1 saturated carbocycles. The summed E-state index contributed by atoms with van der Waals surface area (Å²) in [6.07, 6.45) is 3.32. The molecule has 4 nitrogen and oxygen atoms in total. The fourth-order valence-electron chi connectivity index (χ4n) is 2.09. The van der Waals surface area contributed by atoms with E-state index in [0.29, 0.717) is 18.0 Å². The van der Waals surface area contributed by atoms with Gasteiger partial charge in [0.05, 0.1) is 4.90 Å². The van der Waals surface area contributed by atoms with Crippen molar-refractivity contribution in [2.24, 2.45) is 5.41 Å². The van der Waals surface area contributed by atoms with Gasteiger partial charge in [0.1, 0.15) is 0 Å². The van der Waals surface area contributed by atoms with Crippen molar-refractivity contribution < 1.29 is 8.42 Å². The van der Waals surface area contributed by atoms with E-state index in [2.05, 4.69) is 17.0 Å². The first-order valence-electron chi connectivity index (χ1n) is 6.80. The standard InChI is InChI=1S/C13H22N2O2S2/c1-3-13(6-7-13)10-15-19(16,17)12-5-8-18-11(12)9-14-4-2/h5,8,14-15H,3-4,6-7,9-10H2,1-2H3. The molecule has 0 saturated heterocycles. The summed E-state index contributed by atoms with van der Waals surface area (Å²) in [6, 6.07) is 1.70. The Morgan fingerprint density at radius 2 is 2.11 bits per heavy atom. The summed E-state index contributed by atoms with van der Waals surface area (Å²) in [5.41, 5.74) is 0.227. The molecule has 0 amide bonds. The van der Waals surface area contributed by atoms with Crippen LogP contribution in [0, 0.1) is 5.41 Å². The van der Waals surface area contributed by atoms with Gasteiger partial charge in [0.25, 0.3) is 0 Å². The van der Waals surface area contributed by atoms with E-state index in [1.165, 1.54) is 11.3 Å². The molecule has 0 unspecified atom stereocenters. The Balaban J connectivity index is 2.04. The monoisotopic (exact) mass is 302 g/mol. The Morgan fingerprint density at radius 3 is 2.68 bits per heavy atom. The third kappa shape index (κ3) is 3.56. The van der Waals surface area contributed by atoms with E-state index >= 15 is 0 Å². The van der Waals surface area contributed by atoms with Gasteiger partial charge in [-0.15, -0.1) is 11.3 Å². The van der Waals surface area contributed by atoms with Crippen molar-refractivity contribution in [3.8, 4) is 0 Å². The van der Waals surface area contributed by atoms with E-state index in [0.717, 1.165) is 30.7 Å². The van der Waals surface area contributed by atoms with Crippen LogP contribution < -0.4 is 10.0 Å². The van der Waals surface area contributed by atoms with Crippen molar-refractivity contribution in [3.05, 3.63) is 16.3 Å². The quantitative estimate of drug-likeness (QED) is 0.775. The Bertz CT molecular complexity index is 519. The summed E-state index contributed by atoms with van der Waals surface area (Å²) >= 11 is 1.49. The number of sulfonamides is 1. The van der Waals surface area contributed by atoms with Crippen molar-refractivity contribution in [3.63, 3.8) is 0 Å². The largest absolute Gasteiger partial charge is 0.312 e. The highest BCUT2D eigenvalue weighted by Crippen LogP contribution is 2.48. The molecule has 0 aliphatic heterocycles. The van der Waals surface area contributed by atoms with E-state index in [1.807, 2.05) is 12.3 Å². The topological polar surface area (TPSA) is 58.2 Å². The second kappa shape index (κ2) is 5.91. The second-order valence-electron chi connectivity index (χ2n) is 5.17. The molecule has 19 heavy (non-hydrogen) atoms. The van der Waals surface area contributed by atoms with Gasteiger partial charge in [0.15, 0.2) is 0 Å². The van der Waals surface area contributed by atoms with E-state index in [1.54, 1.807) is 6.07 Å². The maximum Gasteiger partial charge on any atom is 0.241 e. The Kier molecular flexibility index (Phi) is 4.66. The van der Waals surface area contributed by atoms with Crippen LogP contribution in [0.1, 0.15) is 38.0 Å². The second-order valence-corrected chi connectivity index (χ2v) is 7.90. The van der Waals surface area contributed by atoms with Gasteiger partial charge in [-0.3, -0.25) is 0 Å². The fourth-order valence-corrected chi connectivity index (χ4v) is 4.66. The zero-order valence-electron chi connectivity index (χ0n) is 11.5. The van der Waals surface area contributed by atoms with Gasteiger partial charge in [0.2, 0.25) is 10.0 Å². The molecule has 108 valence electrons. The van der Waals surface area contributed by atoms with Gasteiger partial charge < -0.3 is 5.32 Å². The highest BCUT2D eigenvalue weighted by Gasteiger charge is 2.41. The lowest BCUT2D eigenvalue weighted by molar-refractivity contribution is 0.475. The Hall–Kier alpha value is -0.430. The molecule has 1 heterocycles. The number of thiophene rings is 1. The molecule has 1 fully saturated rings. The molecule has 1 aliphatic carbocycles. The summed E-state index contributed by atoms with van der Waals surface area (Å²) < 4.78 is 27.5. The molecule has 6 heteroatoms. The molecule has 0 bridgehead atoms. The average molecular weight is 302 g/mol. The van der Waals surface area contributed by atoms with Crippen LogP contribution in [-0.4, -0.2) is 21.5 Å². The summed E-state index contributed by atoms with van der Waals surface area (Å²) in [6.45, 7) is 6.16. The van der Waals surface area contributed by atoms with Crippen LogP contribution in [0.5, 0.6) is 0 Å². The van der Waals surface area contributed by atoms with Gasteiger partial charge in [-0.1, -0.05) is 13.8 Å². The summed E-state index contributed by atoms with van der Waals surface area (Å²) in [4.78, 5) is 1.32. The lowest BCUT2D eigenvalue weighted by Crippen LogP contribution is -2.30. The van der Waals surface area contributed by atoms with Crippen molar-refractivity contribution >= 4 is 21.4 Å². The molecule has 1 aromatic heterocycles. The van der Waals surface area contributed by atoms with Gasteiger partial charge in [0, 0.05) is 18.0 Å². The summed E-state index contributed by atoms with van der Waals surface area (Å²) in [5.74, 6) is 0. The highest BCUT2D eigenvalue weighted by atomic mass is 32.2. The van der Waals surface area contributed by atoms with E-state index in [-0.39, 0.29) is 5.41 Å². The van der Waals surface area contributed by atoms with E-state index < -0.39 is 10.0 Å². The number of hydrogen-bond donors (Lipinski definition) is 2. The van der Waals surface area contributed by atoms with Crippen LogP contribution in [0.4, 0.5) is 0 Å². The van der Waals surface area contributed by atoms with Gasteiger partial charge in [-0.25, -0.2) is 13.1 Å². The first kappa shape index (κ1) is 15.0. The van der Waals surface area contributed by atoms with Crippen molar-refractivity contribution in [1.29, 1.82) is 0 Å². The molecule has 2 rings (SSSR count). The van der Waals surface area contributed by atoms with E-state index in [9.17, 15) is 8.42 Å². The average Bonchev–Trinajstić information content (AvgIpc) is 3.03. The first-order chi connectivity index (χ1) is 9.03. The lowest BCUT2D eigenvalue weighted by atomic mass is 10.1. The van der Waals surface area contributed by atoms with Crippen molar-refractivity contribution in [1.82, 2.24) is 10.0 Å². The molecule has 2 N–H and O–H groups in total.